The van der Waals surface area contributed by atoms with E-state index in [9.17, 15) is 4.79 Å². The molecule has 0 aliphatic heterocycles. The van der Waals surface area contributed by atoms with Crippen LogP contribution in [0.2, 0.25) is 0 Å². The topological polar surface area (TPSA) is 32.8 Å². The van der Waals surface area contributed by atoms with Gasteiger partial charge in [-0.25, -0.2) is 4.79 Å². The lowest BCUT2D eigenvalue weighted by Gasteiger charge is -2.27. The summed E-state index contributed by atoms with van der Waals surface area (Å²) in [5.74, 6) is 1.02. The summed E-state index contributed by atoms with van der Waals surface area (Å²) in [4.78, 5) is 16.4. The minimum atomic E-state index is -0.262. The number of hydrogen-bond acceptors (Lipinski definition) is 3. The van der Waals surface area contributed by atoms with Gasteiger partial charge in [0.2, 0.25) is 0 Å². The molecule has 0 spiro atoms. The largest absolute Gasteiger partial charge is 0.415 e. The van der Waals surface area contributed by atoms with Gasteiger partial charge >= 0.3 is 6.09 Å². The van der Waals surface area contributed by atoms with E-state index < -0.39 is 0 Å². The predicted octanol–water partition coefficient (Wildman–Crippen LogP) is 3.49. The van der Waals surface area contributed by atoms with Gasteiger partial charge in [-0.2, -0.15) is 0 Å². The van der Waals surface area contributed by atoms with Gasteiger partial charge in [0, 0.05) is 19.6 Å². The maximum atomic E-state index is 12.3. The second-order valence-electron chi connectivity index (χ2n) is 5.55. The molecule has 0 saturated heterocycles. The first kappa shape index (κ1) is 17.5. The van der Waals surface area contributed by atoms with Gasteiger partial charge < -0.3 is 14.5 Å². The van der Waals surface area contributed by atoms with Gasteiger partial charge in [0.05, 0.1) is 0 Å². The standard InChI is InChI=1S/C17H28N2O2/c1-5-18(6-2)12-13-19(14-15(3)4)17(20)21-16-10-8-7-9-11-16/h7-11,15H,5-6,12-14H2,1-4H3. The number of benzene rings is 1. The van der Waals surface area contributed by atoms with Gasteiger partial charge in [0.25, 0.3) is 0 Å². The number of rotatable bonds is 8. The summed E-state index contributed by atoms with van der Waals surface area (Å²) in [7, 11) is 0. The van der Waals surface area contributed by atoms with E-state index in [1.54, 1.807) is 17.0 Å². The van der Waals surface area contributed by atoms with Crippen molar-refractivity contribution < 1.29 is 9.53 Å². The van der Waals surface area contributed by atoms with Crippen molar-refractivity contribution in [2.75, 3.05) is 32.7 Å². The Morgan fingerprint density at radius 2 is 1.71 bits per heavy atom. The Kier molecular flexibility index (Phi) is 7.83. The Hall–Kier alpha value is -1.55. The number of hydrogen-bond donors (Lipinski definition) is 0. The maximum Gasteiger partial charge on any atom is 0.415 e. The molecule has 118 valence electrons. The van der Waals surface area contributed by atoms with E-state index >= 15 is 0 Å². The Labute approximate surface area is 128 Å². The number of carbonyl (C=O) groups is 1. The van der Waals surface area contributed by atoms with Gasteiger partial charge in [-0.1, -0.05) is 45.9 Å². The van der Waals surface area contributed by atoms with Crippen LogP contribution in [-0.4, -0.2) is 48.6 Å². The molecule has 0 saturated carbocycles. The normalized spacial score (nSPS) is 11.0. The van der Waals surface area contributed by atoms with Crippen molar-refractivity contribution in [3.63, 3.8) is 0 Å². The zero-order valence-electron chi connectivity index (χ0n) is 13.7. The van der Waals surface area contributed by atoms with E-state index in [1.807, 2.05) is 18.2 Å². The third-order valence-corrected chi connectivity index (χ3v) is 3.37. The highest BCUT2D eigenvalue weighted by atomic mass is 16.6. The van der Waals surface area contributed by atoms with Crippen molar-refractivity contribution in [3.05, 3.63) is 30.3 Å². The lowest BCUT2D eigenvalue weighted by atomic mass is 10.2. The van der Waals surface area contributed by atoms with Crippen LogP contribution in [0.3, 0.4) is 0 Å². The monoisotopic (exact) mass is 292 g/mol. The van der Waals surface area contributed by atoms with Crippen LogP contribution in [0.5, 0.6) is 5.75 Å². The number of nitrogens with zero attached hydrogens (tertiary/aromatic N) is 2. The summed E-state index contributed by atoms with van der Waals surface area (Å²) in [5.41, 5.74) is 0. The van der Waals surface area contributed by atoms with E-state index in [0.29, 0.717) is 24.8 Å². The molecule has 0 aromatic heterocycles. The first-order chi connectivity index (χ1) is 10.1. The Bertz CT molecular complexity index is 403. The summed E-state index contributed by atoms with van der Waals surface area (Å²) in [5, 5.41) is 0. The minimum absolute atomic E-state index is 0.262. The minimum Gasteiger partial charge on any atom is -0.410 e. The van der Waals surface area contributed by atoms with E-state index in [-0.39, 0.29) is 6.09 Å². The van der Waals surface area contributed by atoms with Crippen molar-refractivity contribution in [2.24, 2.45) is 5.92 Å². The summed E-state index contributed by atoms with van der Waals surface area (Å²) in [6, 6.07) is 9.24. The maximum absolute atomic E-state index is 12.3. The predicted molar refractivity (Wildman–Crippen MR) is 86.7 cm³/mol. The zero-order chi connectivity index (χ0) is 15.7. The fourth-order valence-corrected chi connectivity index (χ4v) is 2.15. The molecule has 0 atom stereocenters. The second kappa shape index (κ2) is 9.40. The van der Waals surface area contributed by atoms with Crippen LogP contribution in [0.25, 0.3) is 0 Å². The fourth-order valence-electron chi connectivity index (χ4n) is 2.15. The molecule has 1 rings (SSSR count). The number of likely N-dealkylation sites (N-methyl/N-ethyl adjacent to an activating group) is 1. The van der Waals surface area contributed by atoms with Crippen LogP contribution < -0.4 is 4.74 Å². The fraction of sp³-hybridized carbons (Fsp3) is 0.588. The number of para-hydroxylation sites is 1. The molecule has 0 radical (unpaired) electrons. The second-order valence-corrected chi connectivity index (χ2v) is 5.55. The molecule has 0 fully saturated rings. The van der Waals surface area contributed by atoms with E-state index in [0.717, 1.165) is 19.6 Å². The highest BCUT2D eigenvalue weighted by Gasteiger charge is 2.17. The molecule has 0 bridgehead atoms. The molecule has 21 heavy (non-hydrogen) atoms. The van der Waals surface area contributed by atoms with Crippen LogP contribution in [0, 0.1) is 5.92 Å². The Morgan fingerprint density at radius 1 is 1.10 bits per heavy atom. The molecular weight excluding hydrogens is 264 g/mol. The number of carbonyl (C=O) groups excluding carboxylic acids is 1. The van der Waals surface area contributed by atoms with E-state index in [4.69, 9.17) is 4.74 Å². The van der Waals surface area contributed by atoms with Crippen molar-refractivity contribution in [1.82, 2.24) is 9.80 Å². The quantitative estimate of drug-likeness (QED) is 0.735. The first-order valence-electron chi connectivity index (χ1n) is 7.80. The molecule has 0 heterocycles. The molecule has 0 N–H and O–H groups in total. The molecule has 0 aliphatic rings. The van der Waals surface area contributed by atoms with Crippen molar-refractivity contribution >= 4 is 6.09 Å². The van der Waals surface area contributed by atoms with Crippen LogP contribution in [0.15, 0.2) is 30.3 Å². The van der Waals surface area contributed by atoms with Gasteiger partial charge in [-0.3, -0.25) is 0 Å². The highest BCUT2D eigenvalue weighted by Crippen LogP contribution is 2.11. The average molecular weight is 292 g/mol. The lowest BCUT2D eigenvalue weighted by Crippen LogP contribution is -2.41. The summed E-state index contributed by atoms with van der Waals surface area (Å²) in [6.07, 6.45) is -0.262. The van der Waals surface area contributed by atoms with Crippen LogP contribution in [0.1, 0.15) is 27.7 Å². The molecule has 1 amide bonds. The molecule has 0 unspecified atom stereocenters. The molecule has 0 aliphatic carbocycles. The Balaban J connectivity index is 2.61. The highest BCUT2D eigenvalue weighted by molar-refractivity contribution is 5.70. The van der Waals surface area contributed by atoms with Crippen molar-refractivity contribution in [2.45, 2.75) is 27.7 Å². The number of ether oxygens (including phenoxy) is 1. The molecule has 4 nitrogen and oxygen atoms in total. The smallest absolute Gasteiger partial charge is 0.410 e. The number of amides is 1. The zero-order valence-corrected chi connectivity index (χ0v) is 13.7. The average Bonchev–Trinajstić information content (AvgIpc) is 2.47. The molecule has 4 heteroatoms. The van der Waals surface area contributed by atoms with Crippen molar-refractivity contribution in [3.8, 4) is 5.75 Å². The van der Waals surface area contributed by atoms with Crippen molar-refractivity contribution in [1.29, 1.82) is 0 Å². The molecule has 1 aromatic carbocycles. The van der Waals surface area contributed by atoms with Crippen LogP contribution in [0.4, 0.5) is 4.79 Å². The first-order valence-corrected chi connectivity index (χ1v) is 7.80. The van der Waals surface area contributed by atoms with E-state index in [1.165, 1.54) is 0 Å². The summed E-state index contributed by atoms with van der Waals surface area (Å²) in [6.45, 7) is 12.8. The molecular formula is C17H28N2O2. The van der Waals surface area contributed by atoms with Crippen LogP contribution >= 0.6 is 0 Å². The summed E-state index contributed by atoms with van der Waals surface area (Å²) >= 11 is 0. The van der Waals surface area contributed by atoms with Gasteiger partial charge in [-0.15, -0.1) is 0 Å². The third-order valence-electron chi connectivity index (χ3n) is 3.37. The Morgan fingerprint density at radius 3 is 2.24 bits per heavy atom. The van der Waals surface area contributed by atoms with Gasteiger partial charge in [-0.05, 0) is 31.1 Å². The SMILES string of the molecule is CCN(CC)CCN(CC(C)C)C(=O)Oc1ccccc1. The lowest BCUT2D eigenvalue weighted by molar-refractivity contribution is 0.138. The molecule has 1 aromatic rings. The van der Waals surface area contributed by atoms with Crippen LogP contribution in [-0.2, 0) is 0 Å². The summed E-state index contributed by atoms with van der Waals surface area (Å²) < 4.78 is 5.45. The third kappa shape index (κ3) is 6.63. The van der Waals surface area contributed by atoms with E-state index in [2.05, 4.69) is 32.6 Å². The van der Waals surface area contributed by atoms with Gasteiger partial charge in [0.1, 0.15) is 5.75 Å². The van der Waals surface area contributed by atoms with Gasteiger partial charge in [0.15, 0.2) is 0 Å².